The van der Waals surface area contributed by atoms with Gasteiger partial charge in [0, 0.05) is 13.0 Å². The number of amides is 3. The summed E-state index contributed by atoms with van der Waals surface area (Å²) in [6.45, 7) is 0.191. The molecule has 0 fully saturated rings. The van der Waals surface area contributed by atoms with E-state index in [9.17, 15) is 14.7 Å². The van der Waals surface area contributed by atoms with Gasteiger partial charge in [0.05, 0.1) is 6.07 Å². The van der Waals surface area contributed by atoms with E-state index in [0.717, 1.165) is 11.1 Å². The Morgan fingerprint density at radius 3 is 2.35 bits per heavy atom. The van der Waals surface area contributed by atoms with E-state index in [-0.39, 0.29) is 18.7 Å². The number of carbonyl (C=O) groups is 2. The summed E-state index contributed by atoms with van der Waals surface area (Å²) in [6, 6.07) is 16.3. The van der Waals surface area contributed by atoms with Crippen LogP contribution in [0.15, 0.2) is 54.6 Å². The standard InChI is InChI=1S/C19H20N4O3/c20-10-11-21-18(25)17(12-14-6-8-16(24)9-7-14)23-19(26)22-13-15-4-2-1-3-5-15/h1-9,17,24H,11-13H2,(H,21,25)(H2,22,23,26). The van der Waals surface area contributed by atoms with Crippen molar-refractivity contribution >= 4 is 11.9 Å². The second-order valence-electron chi connectivity index (χ2n) is 5.61. The van der Waals surface area contributed by atoms with Crippen molar-refractivity contribution in [3.05, 3.63) is 65.7 Å². The fraction of sp³-hybridized carbons (Fsp3) is 0.211. The van der Waals surface area contributed by atoms with Gasteiger partial charge in [0.1, 0.15) is 18.3 Å². The zero-order chi connectivity index (χ0) is 18.8. The highest BCUT2D eigenvalue weighted by Gasteiger charge is 2.21. The van der Waals surface area contributed by atoms with Crippen LogP contribution in [-0.2, 0) is 17.8 Å². The van der Waals surface area contributed by atoms with E-state index in [2.05, 4.69) is 16.0 Å². The molecular formula is C19H20N4O3. The van der Waals surface area contributed by atoms with Crippen molar-refractivity contribution in [3.63, 3.8) is 0 Å². The maximum Gasteiger partial charge on any atom is 0.315 e. The summed E-state index contributed by atoms with van der Waals surface area (Å²) in [5.74, 6) is -0.331. The molecule has 26 heavy (non-hydrogen) atoms. The number of aromatic hydroxyl groups is 1. The zero-order valence-electron chi connectivity index (χ0n) is 14.1. The zero-order valence-corrected chi connectivity index (χ0v) is 14.1. The Bertz CT molecular complexity index is 770. The Morgan fingerprint density at radius 2 is 1.69 bits per heavy atom. The summed E-state index contributed by atoms with van der Waals surface area (Å²) in [4.78, 5) is 24.4. The minimum atomic E-state index is -0.844. The van der Waals surface area contributed by atoms with Gasteiger partial charge < -0.3 is 21.1 Å². The van der Waals surface area contributed by atoms with Crippen molar-refractivity contribution in [3.8, 4) is 11.8 Å². The third-order valence-electron chi connectivity index (χ3n) is 3.64. The first-order chi connectivity index (χ1) is 12.6. The SMILES string of the molecule is N#CCNC(=O)C(Cc1ccc(O)cc1)NC(=O)NCc1ccccc1. The van der Waals surface area contributed by atoms with Gasteiger partial charge in [-0.1, -0.05) is 42.5 Å². The second kappa shape index (κ2) is 9.69. The smallest absolute Gasteiger partial charge is 0.315 e. The Labute approximate surface area is 151 Å². The van der Waals surface area contributed by atoms with Crippen LogP contribution in [0.2, 0.25) is 0 Å². The molecule has 7 nitrogen and oxygen atoms in total. The second-order valence-corrected chi connectivity index (χ2v) is 5.61. The minimum Gasteiger partial charge on any atom is -0.508 e. The molecule has 0 radical (unpaired) electrons. The normalized spacial score (nSPS) is 11.0. The molecule has 0 aromatic heterocycles. The third kappa shape index (κ3) is 6.17. The van der Waals surface area contributed by atoms with Crippen LogP contribution in [0.3, 0.4) is 0 Å². The van der Waals surface area contributed by atoms with Crippen LogP contribution in [0.4, 0.5) is 4.79 Å². The molecule has 0 heterocycles. The van der Waals surface area contributed by atoms with Crippen LogP contribution >= 0.6 is 0 Å². The first-order valence-electron chi connectivity index (χ1n) is 8.09. The molecule has 4 N–H and O–H groups in total. The largest absolute Gasteiger partial charge is 0.508 e. The summed E-state index contributed by atoms with van der Waals surface area (Å²) in [5.41, 5.74) is 1.70. The Balaban J connectivity index is 1.97. The summed E-state index contributed by atoms with van der Waals surface area (Å²) >= 11 is 0. The van der Waals surface area contributed by atoms with Gasteiger partial charge in [-0.3, -0.25) is 4.79 Å². The Morgan fingerprint density at radius 1 is 1.00 bits per heavy atom. The highest BCUT2D eigenvalue weighted by atomic mass is 16.3. The minimum absolute atomic E-state index is 0.118. The molecule has 0 aliphatic rings. The lowest BCUT2D eigenvalue weighted by Gasteiger charge is -2.18. The van der Waals surface area contributed by atoms with Crippen LogP contribution in [0.5, 0.6) is 5.75 Å². The van der Waals surface area contributed by atoms with Crippen molar-refractivity contribution in [2.24, 2.45) is 0 Å². The summed E-state index contributed by atoms with van der Waals surface area (Å²) in [5, 5.41) is 25.7. The van der Waals surface area contributed by atoms with E-state index < -0.39 is 18.0 Å². The number of nitriles is 1. The number of urea groups is 1. The van der Waals surface area contributed by atoms with Crippen LogP contribution in [0, 0.1) is 11.3 Å². The quantitative estimate of drug-likeness (QED) is 0.565. The summed E-state index contributed by atoms with van der Waals surface area (Å²) in [7, 11) is 0. The van der Waals surface area contributed by atoms with Gasteiger partial charge in [-0.2, -0.15) is 5.26 Å². The van der Waals surface area contributed by atoms with E-state index >= 15 is 0 Å². The van der Waals surface area contributed by atoms with E-state index in [1.165, 1.54) is 12.1 Å². The van der Waals surface area contributed by atoms with Crippen molar-refractivity contribution in [1.29, 1.82) is 5.26 Å². The van der Waals surface area contributed by atoms with Gasteiger partial charge in [0.15, 0.2) is 0 Å². The van der Waals surface area contributed by atoms with Crippen molar-refractivity contribution in [2.45, 2.75) is 19.0 Å². The Hall–Kier alpha value is -3.53. The van der Waals surface area contributed by atoms with Crippen LogP contribution in [0.1, 0.15) is 11.1 Å². The Kier molecular flexibility index (Phi) is 7.01. The highest BCUT2D eigenvalue weighted by Crippen LogP contribution is 2.11. The molecule has 0 spiro atoms. The highest BCUT2D eigenvalue weighted by molar-refractivity contribution is 5.87. The topological polar surface area (TPSA) is 114 Å². The van der Waals surface area contributed by atoms with Crippen LogP contribution < -0.4 is 16.0 Å². The number of nitrogens with one attached hydrogen (secondary N) is 3. The average molecular weight is 352 g/mol. The number of nitrogens with zero attached hydrogens (tertiary/aromatic N) is 1. The molecule has 2 aromatic carbocycles. The molecule has 7 heteroatoms. The molecule has 0 saturated heterocycles. The lowest BCUT2D eigenvalue weighted by Crippen LogP contribution is -2.51. The first-order valence-corrected chi connectivity index (χ1v) is 8.09. The molecular weight excluding hydrogens is 332 g/mol. The van der Waals surface area contributed by atoms with Crippen molar-refractivity contribution < 1.29 is 14.7 Å². The number of phenolic OH excluding ortho intramolecular Hbond substituents is 1. The van der Waals surface area contributed by atoms with Gasteiger partial charge in [-0.05, 0) is 23.3 Å². The average Bonchev–Trinajstić information content (AvgIpc) is 2.66. The van der Waals surface area contributed by atoms with E-state index in [1.807, 2.05) is 36.4 Å². The maximum atomic E-state index is 12.2. The first kappa shape index (κ1) is 18.8. The molecule has 0 aliphatic heterocycles. The molecule has 1 atom stereocenters. The monoisotopic (exact) mass is 352 g/mol. The van der Waals surface area contributed by atoms with Crippen molar-refractivity contribution in [1.82, 2.24) is 16.0 Å². The van der Waals surface area contributed by atoms with Crippen LogP contribution in [0.25, 0.3) is 0 Å². The molecule has 0 bridgehead atoms. The van der Waals surface area contributed by atoms with Gasteiger partial charge in [0.2, 0.25) is 5.91 Å². The number of benzene rings is 2. The molecule has 134 valence electrons. The summed E-state index contributed by atoms with van der Waals surface area (Å²) < 4.78 is 0. The number of rotatable bonds is 7. The number of hydrogen-bond donors (Lipinski definition) is 4. The number of hydrogen-bond acceptors (Lipinski definition) is 4. The third-order valence-corrected chi connectivity index (χ3v) is 3.64. The van der Waals surface area contributed by atoms with Crippen LogP contribution in [-0.4, -0.2) is 29.6 Å². The molecule has 2 aromatic rings. The molecule has 1 unspecified atom stereocenters. The maximum absolute atomic E-state index is 12.2. The molecule has 3 amide bonds. The molecule has 0 aliphatic carbocycles. The van der Waals surface area contributed by atoms with E-state index in [0.29, 0.717) is 6.54 Å². The molecule has 2 rings (SSSR count). The van der Waals surface area contributed by atoms with Gasteiger partial charge in [-0.15, -0.1) is 0 Å². The van der Waals surface area contributed by atoms with Gasteiger partial charge in [0.25, 0.3) is 0 Å². The predicted molar refractivity (Wildman–Crippen MR) is 96.0 cm³/mol. The lowest BCUT2D eigenvalue weighted by molar-refractivity contribution is -0.122. The number of phenols is 1. The van der Waals surface area contributed by atoms with E-state index in [4.69, 9.17) is 5.26 Å². The summed E-state index contributed by atoms with van der Waals surface area (Å²) in [6.07, 6.45) is 0.232. The van der Waals surface area contributed by atoms with Crippen molar-refractivity contribution in [2.75, 3.05) is 6.54 Å². The van der Waals surface area contributed by atoms with Gasteiger partial charge in [-0.25, -0.2) is 4.79 Å². The van der Waals surface area contributed by atoms with E-state index in [1.54, 1.807) is 12.1 Å². The fourth-order valence-electron chi connectivity index (χ4n) is 2.31. The lowest BCUT2D eigenvalue weighted by atomic mass is 10.1. The number of carbonyl (C=O) groups excluding carboxylic acids is 2. The predicted octanol–water partition coefficient (Wildman–Crippen LogP) is 1.44. The molecule has 0 saturated carbocycles. The van der Waals surface area contributed by atoms with Gasteiger partial charge >= 0.3 is 6.03 Å². The fourth-order valence-corrected chi connectivity index (χ4v) is 2.31.